The standard InChI is InChI=1S/C12H16ClNO2/c1-2-3-10-4-9(6-13)5-12(14-10)16-11-7-15-8-11/h4-5,11H,2-3,6-8H2,1H3. The van der Waals surface area contributed by atoms with Gasteiger partial charge in [0.25, 0.3) is 0 Å². The Bertz CT molecular complexity index is 353. The molecule has 0 spiro atoms. The van der Waals surface area contributed by atoms with Gasteiger partial charge in [-0.05, 0) is 18.1 Å². The van der Waals surface area contributed by atoms with E-state index in [2.05, 4.69) is 11.9 Å². The van der Waals surface area contributed by atoms with Crippen molar-refractivity contribution in [1.82, 2.24) is 4.98 Å². The summed E-state index contributed by atoms with van der Waals surface area (Å²) in [6.07, 6.45) is 2.19. The van der Waals surface area contributed by atoms with E-state index >= 15 is 0 Å². The zero-order chi connectivity index (χ0) is 11.4. The van der Waals surface area contributed by atoms with Crippen LogP contribution < -0.4 is 4.74 Å². The molecule has 0 aromatic carbocycles. The predicted octanol–water partition coefficient (Wildman–Crippen LogP) is 2.55. The number of hydrogen-bond acceptors (Lipinski definition) is 3. The largest absolute Gasteiger partial charge is 0.469 e. The maximum Gasteiger partial charge on any atom is 0.214 e. The van der Waals surface area contributed by atoms with Crippen LogP contribution in [0.1, 0.15) is 24.6 Å². The molecule has 0 unspecified atom stereocenters. The SMILES string of the molecule is CCCc1cc(CCl)cc(OC2COC2)n1. The number of hydrogen-bond donors (Lipinski definition) is 0. The third-order valence-electron chi connectivity index (χ3n) is 2.47. The number of ether oxygens (including phenoxy) is 2. The van der Waals surface area contributed by atoms with E-state index in [4.69, 9.17) is 21.1 Å². The van der Waals surface area contributed by atoms with Crippen molar-refractivity contribution in [2.24, 2.45) is 0 Å². The van der Waals surface area contributed by atoms with Gasteiger partial charge in [0.1, 0.15) is 6.10 Å². The van der Waals surface area contributed by atoms with E-state index in [1.165, 1.54) is 0 Å². The van der Waals surface area contributed by atoms with Gasteiger partial charge in [0.2, 0.25) is 5.88 Å². The third-order valence-corrected chi connectivity index (χ3v) is 2.78. The second kappa shape index (κ2) is 5.51. The molecule has 3 nitrogen and oxygen atoms in total. The molecule has 0 saturated carbocycles. The van der Waals surface area contributed by atoms with Crippen LogP contribution in [0.4, 0.5) is 0 Å². The summed E-state index contributed by atoms with van der Waals surface area (Å²) in [7, 11) is 0. The first-order chi connectivity index (χ1) is 7.81. The minimum atomic E-state index is 0.160. The number of halogens is 1. The summed E-state index contributed by atoms with van der Waals surface area (Å²) >= 11 is 5.85. The van der Waals surface area contributed by atoms with E-state index < -0.39 is 0 Å². The molecule has 0 N–H and O–H groups in total. The first-order valence-corrected chi connectivity index (χ1v) is 6.15. The Kier molecular flexibility index (Phi) is 4.02. The van der Waals surface area contributed by atoms with Crippen LogP contribution in [0.25, 0.3) is 0 Å². The van der Waals surface area contributed by atoms with Crippen molar-refractivity contribution < 1.29 is 9.47 Å². The molecule has 1 aliphatic rings. The van der Waals surface area contributed by atoms with Crippen molar-refractivity contribution in [2.45, 2.75) is 31.7 Å². The Morgan fingerprint density at radius 2 is 2.31 bits per heavy atom. The van der Waals surface area contributed by atoms with Crippen LogP contribution in [0.15, 0.2) is 12.1 Å². The molecule has 2 rings (SSSR count). The quantitative estimate of drug-likeness (QED) is 0.743. The second-order valence-corrected chi connectivity index (χ2v) is 4.23. The number of aromatic nitrogens is 1. The summed E-state index contributed by atoms with van der Waals surface area (Å²) in [4.78, 5) is 4.46. The smallest absolute Gasteiger partial charge is 0.214 e. The van der Waals surface area contributed by atoms with Gasteiger partial charge < -0.3 is 9.47 Å². The van der Waals surface area contributed by atoms with Crippen LogP contribution in [-0.2, 0) is 17.0 Å². The van der Waals surface area contributed by atoms with Gasteiger partial charge in [0.05, 0.1) is 13.2 Å². The maximum atomic E-state index is 5.85. The van der Waals surface area contributed by atoms with Crippen molar-refractivity contribution in [1.29, 1.82) is 0 Å². The minimum absolute atomic E-state index is 0.160. The Hall–Kier alpha value is -0.800. The lowest BCUT2D eigenvalue weighted by Crippen LogP contribution is -2.38. The van der Waals surface area contributed by atoms with Gasteiger partial charge in [-0.15, -0.1) is 11.6 Å². The molecule has 1 aromatic heterocycles. The fourth-order valence-corrected chi connectivity index (χ4v) is 1.75. The molecular formula is C12H16ClNO2. The molecule has 0 aliphatic carbocycles. The van der Waals surface area contributed by atoms with Crippen LogP contribution in [0.3, 0.4) is 0 Å². The van der Waals surface area contributed by atoms with Crippen LogP contribution in [0, 0.1) is 0 Å². The molecule has 1 saturated heterocycles. The molecular weight excluding hydrogens is 226 g/mol. The fraction of sp³-hybridized carbons (Fsp3) is 0.583. The van der Waals surface area contributed by atoms with Gasteiger partial charge in [-0.1, -0.05) is 13.3 Å². The Balaban J connectivity index is 2.11. The average molecular weight is 242 g/mol. The van der Waals surface area contributed by atoms with Crippen LogP contribution >= 0.6 is 11.6 Å². The monoisotopic (exact) mass is 241 g/mol. The number of alkyl halides is 1. The van der Waals surface area contributed by atoms with E-state index in [0.717, 1.165) is 24.1 Å². The summed E-state index contributed by atoms with van der Waals surface area (Å²) in [5.74, 6) is 1.17. The molecule has 0 atom stereocenters. The molecule has 1 aromatic rings. The van der Waals surface area contributed by atoms with E-state index in [1.54, 1.807) is 0 Å². The molecule has 88 valence electrons. The van der Waals surface area contributed by atoms with Gasteiger partial charge in [0.15, 0.2) is 0 Å². The summed E-state index contributed by atoms with van der Waals surface area (Å²) < 4.78 is 10.7. The molecule has 0 amide bonds. The number of rotatable bonds is 5. The molecule has 0 bridgehead atoms. The lowest BCUT2D eigenvalue weighted by Gasteiger charge is -2.26. The van der Waals surface area contributed by atoms with E-state index in [0.29, 0.717) is 25.0 Å². The van der Waals surface area contributed by atoms with Gasteiger partial charge in [-0.25, -0.2) is 4.98 Å². The summed E-state index contributed by atoms with van der Waals surface area (Å²) in [5, 5.41) is 0. The van der Waals surface area contributed by atoms with Crippen molar-refractivity contribution in [2.75, 3.05) is 13.2 Å². The normalized spacial score (nSPS) is 15.9. The summed E-state index contributed by atoms with van der Waals surface area (Å²) in [5.41, 5.74) is 2.12. The molecule has 1 fully saturated rings. The summed E-state index contributed by atoms with van der Waals surface area (Å²) in [6, 6.07) is 3.95. The Morgan fingerprint density at radius 1 is 1.50 bits per heavy atom. The second-order valence-electron chi connectivity index (χ2n) is 3.97. The molecule has 16 heavy (non-hydrogen) atoms. The Morgan fingerprint density at radius 3 is 2.88 bits per heavy atom. The maximum absolute atomic E-state index is 5.85. The molecule has 0 radical (unpaired) electrons. The van der Waals surface area contributed by atoms with E-state index in [1.807, 2.05) is 12.1 Å². The van der Waals surface area contributed by atoms with Crippen LogP contribution in [0.5, 0.6) is 5.88 Å². The zero-order valence-corrected chi connectivity index (χ0v) is 10.2. The minimum Gasteiger partial charge on any atom is -0.469 e. The van der Waals surface area contributed by atoms with Crippen molar-refractivity contribution in [3.63, 3.8) is 0 Å². The van der Waals surface area contributed by atoms with Crippen molar-refractivity contribution in [3.05, 3.63) is 23.4 Å². The topological polar surface area (TPSA) is 31.4 Å². The van der Waals surface area contributed by atoms with Gasteiger partial charge >= 0.3 is 0 Å². The summed E-state index contributed by atoms with van der Waals surface area (Å²) in [6.45, 7) is 3.46. The molecule has 1 aliphatic heterocycles. The third kappa shape index (κ3) is 2.86. The highest BCUT2D eigenvalue weighted by Crippen LogP contribution is 2.18. The fourth-order valence-electron chi connectivity index (χ4n) is 1.59. The van der Waals surface area contributed by atoms with Crippen molar-refractivity contribution >= 4 is 11.6 Å². The first kappa shape index (κ1) is 11.7. The van der Waals surface area contributed by atoms with Gasteiger partial charge in [-0.3, -0.25) is 0 Å². The average Bonchev–Trinajstić information content (AvgIpc) is 2.24. The van der Waals surface area contributed by atoms with Crippen molar-refractivity contribution in [3.8, 4) is 5.88 Å². The van der Waals surface area contributed by atoms with Gasteiger partial charge in [-0.2, -0.15) is 0 Å². The van der Waals surface area contributed by atoms with Gasteiger partial charge in [0, 0.05) is 17.6 Å². The highest BCUT2D eigenvalue weighted by Gasteiger charge is 2.20. The van der Waals surface area contributed by atoms with Crippen LogP contribution in [0.2, 0.25) is 0 Å². The highest BCUT2D eigenvalue weighted by molar-refractivity contribution is 6.17. The predicted molar refractivity (Wildman–Crippen MR) is 63.0 cm³/mol. The van der Waals surface area contributed by atoms with Crippen LogP contribution in [-0.4, -0.2) is 24.3 Å². The molecule has 2 heterocycles. The lowest BCUT2D eigenvalue weighted by molar-refractivity contribution is -0.0814. The number of nitrogens with zero attached hydrogens (tertiary/aromatic N) is 1. The van der Waals surface area contributed by atoms with E-state index in [9.17, 15) is 0 Å². The number of pyridine rings is 1. The molecule has 4 heteroatoms. The number of aryl methyl sites for hydroxylation is 1. The first-order valence-electron chi connectivity index (χ1n) is 5.62. The van der Waals surface area contributed by atoms with E-state index in [-0.39, 0.29) is 6.10 Å². The lowest BCUT2D eigenvalue weighted by atomic mass is 10.2. The highest BCUT2D eigenvalue weighted by atomic mass is 35.5. The Labute approximate surface area is 101 Å². The zero-order valence-electron chi connectivity index (χ0n) is 9.41.